The van der Waals surface area contributed by atoms with E-state index >= 15 is 0 Å². The third-order valence-electron chi connectivity index (χ3n) is 2.97. The molecule has 0 saturated carbocycles. The highest BCUT2D eigenvalue weighted by atomic mass is 16.2. The Bertz CT molecular complexity index is 552. The van der Waals surface area contributed by atoms with Gasteiger partial charge >= 0.3 is 0 Å². The lowest BCUT2D eigenvalue weighted by Gasteiger charge is -2.20. The number of anilines is 1. The zero-order valence-electron chi connectivity index (χ0n) is 11.6. The molecule has 2 N–H and O–H groups in total. The van der Waals surface area contributed by atoms with Gasteiger partial charge in [-0.3, -0.25) is 4.79 Å². The van der Waals surface area contributed by atoms with Crippen molar-refractivity contribution in [3.63, 3.8) is 0 Å². The second kappa shape index (κ2) is 6.81. The fourth-order valence-electron chi connectivity index (χ4n) is 2.01. The van der Waals surface area contributed by atoms with Crippen LogP contribution < -0.4 is 10.6 Å². The predicted octanol–water partition coefficient (Wildman–Crippen LogP) is 0.832. The second-order valence-corrected chi connectivity index (χ2v) is 4.42. The maximum absolute atomic E-state index is 12.3. The molecule has 1 aromatic heterocycles. The van der Waals surface area contributed by atoms with E-state index in [0.717, 1.165) is 11.4 Å². The first-order valence-electron chi connectivity index (χ1n) is 6.69. The maximum atomic E-state index is 12.3. The molecule has 6 nitrogen and oxygen atoms in total. The summed E-state index contributed by atoms with van der Waals surface area (Å²) in [6, 6.07) is 9.60. The lowest BCUT2D eigenvalue weighted by Crippen LogP contribution is -2.33. The molecule has 6 heteroatoms. The van der Waals surface area contributed by atoms with Gasteiger partial charge in [-0.1, -0.05) is 23.4 Å². The number of hydrogen-bond donors (Lipinski definition) is 1. The Morgan fingerprint density at radius 2 is 2.10 bits per heavy atom. The molecule has 1 aromatic carbocycles. The number of nitrogens with two attached hydrogens (primary N) is 1. The van der Waals surface area contributed by atoms with Gasteiger partial charge in [-0.2, -0.15) is 0 Å². The molecule has 20 heavy (non-hydrogen) atoms. The molecule has 106 valence electrons. The molecule has 0 spiro atoms. The largest absolute Gasteiger partial charge is 0.330 e. The molecule has 0 radical (unpaired) electrons. The lowest BCUT2D eigenvalue weighted by molar-refractivity contribution is -0.119. The molecule has 0 fully saturated rings. The molecule has 0 saturated heterocycles. The summed E-state index contributed by atoms with van der Waals surface area (Å²) in [4.78, 5) is 14.1. The van der Waals surface area contributed by atoms with E-state index < -0.39 is 0 Å². The number of rotatable bonds is 6. The van der Waals surface area contributed by atoms with Crippen LogP contribution in [0.4, 0.5) is 5.69 Å². The molecule has 0 aliphatic rings. The van der Waals surface area contributed by atoms with E-state index in [1.165, 1.54) is 0 Å². The molecule has 0 atom stereocenters. The molecular formula is C14H19N5O. The topological polar surface area (TPSA) is 77.0 Å². The minimum Gasteiger partial charge on any atom is -0.330 e. The Morgan fingerprint density at radius 3 is 2.75 bits per heavy atom. The van der Waals surface area contributed by atoms with Gasteiger partial charge < -0.3 is 10.6 Å². The standard InChI is InChI=1S/C14H19N5O/c1-2-19(13-6-4-3-5-7-13)14(20)11-18-10-12(8-9-15)16-17-18/h3-7,10H,2,8-9,11,15H2,1H3. The third kappa shape index (κ3) is 3.42. The van der Waals surface area contributed by atoms with E-state index in [9.17, 15) is 4.79 Å². The first-order valence-corrected chi connectivity index (χ1v) is 6.69. The summed E-state index contributed by atoms with van der Waals surface area (Å²) in [6.45, 7) is 3.28. The molecule has 1 amide bonds. The van der Waals surface area contributed by atoms with Gasteiger partial charge in [0.15, 0.2) is 0 Å². The first-order chi connectivity index (χ1) is 9.74. The van der Waals surface area contributed by atoms with E-state index in [1.54, 1.807) is 15.8 Å². The summed E-state index contributed by atoms with van der Waals surface area (Å²) in [5.41, 5.74) is 7.16. The van der Waals surface area contributed by atoms with Gasteiger partial charge in [-0.25, -0.2) is 4.68 Å². The molecule has 0 aliphatic heterocycles. The van der Waals surface area contributed by atoms with Crippen molar-refractivity contribution in [2.24, 2.45) is 5.73 Å². The zero-order chi connectivity index (χ0) is 14.4. The van der Waals surface area contributed by atoms with E-state index in [0.29, 0.717) is 19.5 Å². The summed E-state index contributed by atoms with van der Waals surface area (Å²) >= 11 is 0. The highest BCUT2D eigenvalue weighted by Crippen LogP contribution is 2.13. The molecule has 2 rings (SSSR count). The van der Waals surface area contributed by atoms with E-state index in [1.807, 2.05) is 37.3 Å². The van der Waals surface area contributed by atoms with Gasteiger partial charge in [0.05, 0.1) is 5.69 Å². The molecule has 0 unspecified atom stereocenters. The summed E-state index contributed by atoms with van der Waals surface area (Å²) in [6.07, 6.45) is 2.44. The normalized spacial score (nSPS) is 10.5. The van der Waals surface area contributed by atoms with Crippen molar-refractivity contribution in [1.29, 1.82) is 0 Å². The highest BCUT2D eigenvalue weighted by Gasteiger charge is 2.14. The number of carbonyl (C=O) groups excluding carboxylic acids is 1. The summed E-state index contributed by atoms with van der Waals surface area (Å²) in [5, 5.41) is 7.93. The Morgan fingerprint density at radius 1 is 1.35 bits per heavy atom. The monoisotopic (exact) mass is 273 g/mol. The van der Waals surface area contributed by atoms with Gasteiger partial charge in [0.2, 0.25) is 5.91 Å². The number of hydrogen-bond acceptors (Lipinski definition) is 4. The number of para-hydroxylation sites is 1. The first kappa shape index (κ1) is 14.2. The Balaban J connectivity index is 2.05. The summed E-state index contributed by atoms with van der Waals surface area (Å²) in [7, 11) is 0. The average molecular weight is 273 g/mol. The van der Waals surface area contributed by atoms with E-state index in [4.69, 9.17) is 5.73 Å². The van der Waals surface area contributed by atoms with Crippen molar-refractivity contribution in [3.05, 3.63) is 42.2 Å². The van der Waals surface area contributed by atoms with Gasteiger partial charge in [0.1, 0.15) is 6.54 Å². The van der Waals surface area contributed by atoms with Crippen LogP contribution in [-0.2, 0) is 17.8 Å². The van der Waals surface area contributed by atoms with Crippen LogP contribution in [-0.4, -0.2) is 34.0 Å². The zero-order valence-corrected chi connectivity index (χ0v) is 11.6. The number of carbonyl (C=O) groups is 1. The van der Waals surface area contributed by atoms with Crippen LogP contribution in [0, 0.1) is 0 Å². The van der Waals surface area contributed by atoms with Crippen LogP contribution >= 0.6 is 0 Å². The predicted molar refractivity (Wildman–Crippen MR) is 77.2 cm³/mol. The van der Waals surface area contributed by atoms with E-state index in [-0.39, 0.29) is 12.5 Å². The van der Waals surface area contributed by atoms with Crippen molar-refractivity contribution < 1.29 is 4.79 Å². The van der Waals surface area contributed by atoms with Crippen LogP contribution in [0.15, 0.2) is 36.5 Å². The molecule has 0 bridgehead atoms. The third-order valence-corrected chi connectivity index (χ3v) is 2.97. The molecule has 0 aliphatic carbocycles. The Hall–Kier alpha value is -2.21. The Labute approximate surface area is 118 Å². The minimum atomic E-state index is -0.0112. The van der Waals surface area contributed by atoms with Crippen LogP contribution in [0.2, 0.25) is 0 Å². The fraction of sp³-hybridized carbons (Fsp3) is 0.357. The number of aromatic nitrogens is 3. The SMILES string of the molecule is CCN(C(=O)Cn1cc(CCN)nn1)c1ccccc1. The second-order valence-electron chi connectivity index (χ2n) is 4.42. The molecular weight excluding hydrogens is 254 g/mol. The number of likely N-dealkylation sites (N-methyl/N-ethyl adjacent to an activating group) is 1. The number of benzene rings is 1. The van der Waals surface area contributed by atoms with Gasteiger partial charge in [-0.15, -0.1) is 5.10 Å². The van der Waals surface area contributed by atoms with Gasteiger partial charge in [0, 0.05) is 24.8 Å². The quantitative estimate of drug-likeness (QED) is 0.845. The highest BCUT2D eigenvalue weighted by molar-refractivity contribution is 5.93. The fourth-order valence-corrected chi connectivity index (χ4v) is 2.01. The van der Waals surface area contributed by atoms with Crippen LogP contribution in [0.3, 0.4) is 0 Å². The van der Waals surface area contributed by atoms with Crippen molar-refractivity contribution >= 4 is 11.6 Å². The van der Waals surface area contributed by atoms with Gasteiger partial charge in [-0.05, 0) is 25.6 Å². The number of amides is 1. The average Bonchev–Trinajstić information content (AvgIpc) is 2.88. The Kier molecular flexibility index (Phi) is 4.84. The van der Waals surface area contributed by atoms with Crippen LogP contribution in [0.5, 0.6) is 0 Å². The van der Waals surface area contributed by atoms with Crippen molar-refractivity contribution in [2.75, 3.05) is 18.0 Å². The van der Waals surface area contributed by atoms with E-state index in [2.05, 4.69) is 10.3 Å². The van der Waals surface area contributed by atoms with Crippen molar-refractivity contribution in [2.45, 2.75) is 19.9 Å². The van der Waals surface area contributed by atoms with Crippen molar-refractivity contribution in [3.8, 4) is 0 Å². The number of nitrogens with zero attached hydrogens (tertiary/aromatic N) is 4. The summed E-state index contributed by atoms with van der Waals surface area (Å²) in [5.74, 6) is -0.0112. The molecule has 2 aromatic rings. The van der Waals surface area contributed by atoms with Crippen LogP contribution in [0.25, 0.3) is 0 Å². The smallest absolute Gasteiger partial charge is 0.248 e. The van der Waals surface area contributed by atoms with Gasteiger partial charge in [0.25, 0.3) is 0 Å². The minimum absolute atomic E-state index is 0.0112. The summed E-state index contributed by atoms with van der Waals surface area (Å²) < 4.78 is 1.55. The van der Waals surface area contributed by atoms with Crippen molar-refractivity contribution in [1.82, 2.24) is 15.0 Å². The molecule has 1 heterocycles. The van der Waals surface area contributed by atoms with Crippen LogP contribution in [0.1, 0.15) is 12.6 Å². The maximum Gasteiger partial charge on any atom is 0.248 e. The lowest BCUT2D eigenvalue weighted by atomic mass is 10.3.